The van der Waals surface area contributed by atoms with Crippen LogP contribution in [-0.4, -0.2) is 55.7 Å². The minimum absolute atomic E-state index is 0.0964. The highest BCUT2D eigenvalue weighted by Gasteiger charge is 2.42. The molecule has 1 amide bonds. The number of fused-ring (bicyclic) bond motifs is 2. The van der Waals surface area contributed by atoms with E-state index in [9.17, 15) is 40.7 Å². The van der Waals surface area contributed by atoms with E-state index in [1.54, 1.807) is 13.8 Å². The molecule has 0 bridgehead atoms. The summed E-state index contributed by atoms with van der Waals surface area (Å²) in [6, 6.07) is 2.76. The van der Waals surface area contributed by atoms with Crippen LogP contribution in [0.5, 0.6) is 5.75 Å². The third-order valence-corrected chi connectivity index (χ3v) is 9.56. The van der Waals surface area contributed by atoms with Crippen molar-refractivity contribution in [3.63, 3.8) is 0 Å². The number of carbonyl (C=O) groups is 3. The first-order chi connectivity index (χ1) is 23.8. The summed E-state index contributed by atoms with van der Waals surface area (Å²) in [5.41, 5.74) is -3.95. The minimum Gasteiger partial charge on any atom is -0.481 e. The van der Waals surface area contributed by atoms with Crippen LogP contribution in [0.15, 0.2) is 17.1 Å². The summed E-state index contributed by atoms with van der Waals surface area (Å²) in [6.07, 6.45) is 0.208. The largest absolute Gasteiger partial charge is 0.481 e. The molecule has 1 aromatic carbocycles. The van der Waals surface area contributed by atoms with Gasteiger partial charge < -0.3 is 9.30 Å². The number of alkyl halides is 5. The van der Waals surface area contributed by atoms with E-state index in [1.807, 2.05) is 4.57 Å². The smallest absolute Gasteiger partial charge is 0.434 e. The van der Waals surface area contributed by atoms with Crippen molar-refractivity contribution in [2.24, 2.45) is 16.3 Å². The van der Waals surface area contributed by atoms with Crippen LogP contribution in [0.2, 0.25) is 0 Å². The predicted octanol–water partition coefficient (Wildman–Crippen LogP) is 7.50. The zero-order valence-electron chi connectivity index (χ0n) is 28.3. The second-order valence-corrected chi connectivity index (χ2v) is 14.9. The number of hydrogen-bond donors (Lipinski definition) is 0. The number of amides is 1. The molecule has 2 aromatic heterocycles. The Labute approximate surface area is 302 Å². The molecule has 274 valence electrons. The maximum atomic E-state index is 14.5. The number of nitrogens with zero attached hydrogens (tertiary/aromatic N) is 5. The van der Waals surface area contributed by atoms with Gasteiger partial charge in [-0.1, -0.05) is 57.1 Å². The highest BCUT2D eigenvalue weighted by atomic mass is 32.2. The summed E-state index contributed by atoms with van der Waals surface area (Å²) < 4.78 is 93.1. The van der Waals surface area contributed by atoms with Crippen LogP contribution in [0.1, 0.15) is 77.6 Å². The number of carbonyl (C=O) groups excluding carboxylic acids is 3. The first kappa shape index (κ1) is 40.0. The zero-order chi connectivity index (χ0) is 38.0. The number of terminal acetylenes is 1. The normalized spacial score (nSPS) is 15.3. The summed E-state index contributed by atoms with van der Waals surface area (Å²) in [4.78, 5) is 45.9. The molecule has 0 fully saturated rings. The van der Waals surface area contributed by atoms with Crippen molar-refractivity contribution < 1.29 is 45.5 Å². The van der Waals surface area contributed by atoms with E-state index in [4.69, 9.17) is 11.2 Å². The van der Waals surface area contributed by atoms with Crippen LogP contribution in [-0.2, 0) is 30.4 Å². The molecule has 0 saturated carbocycles. The number of benzene rings is 1. The summed E-state index contributed by atoms with van der Waals surface area (Å²) in [5, 5.41) is -1.81. The average Bonchev–Trinajstić information content (AvgIpc) is 3.56. The average molecular weight is 774 g/mol. The number of pyridine rings is 1. The molecule has 0 N–H and O–H groups in total. The van der Waals surface area contributed by atoms with Crippen molar-refractivity contribution in [3.8, 4) is 18.1 Å². The van der Waals surface area contributed by atoms with Gasteiger partial charge in [0.05, 0.1) is 23.4 Å². The molecule has 2 aliphatic rings. The van der Waals surface area contributed by atoms with Gasteiger partial charge in [0.2, 0.25) is 15.0 Å². The number of thioether (sulfide) groups is 2. The molecule has 18 heteroatoms. The van der Waals surface area contributed by atoms with Crippen LogP contribution < -0.4 is 14.4 Å². The van der Waals surface area contributed by atoms with Gasteiger partial charge in [0.15, 0.2) is 18.1 Å². The van der Waals surface area contributed by atoms with Crippen LogP contribution in [0.25, 0.3) is 0 Å². The van der Waals surface area contributed by atoms with Gasteiger partial charge in [-0.25, -0.2) is 23.1 Å². The zero-order valence-corrected chi connectivity index (χ0v) is 30.7. The maximum Gasteiger partial charge on any atom is 0.434 e. The first-order valence-corrected chi connectivity index (χ1v) is 18.4. The Morgan fingerprint density at radius 2 is 1.80 bits per heavy atom. The monoisotopic (exact) mass is 773 g/mol. The van der Waals surface area contributed by atoms with E-state index < -0.39 is 51.2 Å². The molecule has 4 heterocycles. The number of anilines is 1. The second-order valence-electron chi connectivity index (χ2n) is 12.6. The first-order valence-electron chi connectivity index (χ1n) is 15.2. The Morgan fingerprint density at radius 1 is 1.16 bits per heavy atom. The van der Waals surface area contributed by atoms with Crippen molar-refractivity contribution in [1.82, 2.24) is 13.9 Å². The van der Waals surface area contributed by atoms with Gasteiger partial charge in [0.25, 0.3) is 12.3 Å². The van der Waals surface area contributed by atoms with Crippen molar-refractivity contribution in [2.75, 3.05) is 30.6 Å². The molecular formula is C33H33F6N5O4S3. The Morgan fingerprint density at radius 3 is 2.37 bits per heavy atom. The molecule has 0 aliphatic carbocycles. The Bertz CT molecular complexity index is 1970. The Hall–Kier alpha value is -3.82. The van der Waals surface area contributed by atoms with Crippen LogP contribution in [0, 0.1) is 29.5 Å². The lowest BCUT2D eigenvalue weighted by molar-refractivity contribution is -0.141. The number of hydrogen-bond acceptors (Lipinski definition) is 10. The van der Waals surface area contributed by atoms with E-state index in [2.05, 4.69) is 34.1 Å². The van der Waals surface area contributed by atoms with Gasteiger partial charge in [-0.15, -0.1) is 6.42 Å². The molecule has 51 heavy (non-hydrogen) atoms. The SMILES string of the molecule is C#CCN1C(=O)COc2cc(F)c(N=c3snc4n3CC(C)(C)C4)cc21.CSC(=O)c1c(C(F)F)nc(C(F)(F)F)c(C(=O)SC)c1CC(C)C. The van der Waals surface area contributed by atoms with Crippen LogP contribution in [0.3, 0.4) is 0 Å². The van der Waals surface area contributed by atoms with Gasteiger partial charge in [-0.2, -0.15) is 17.5 Å². The lowest BCUT2D eigenvalue weighted by Gasteiger charge is -2.28. The molecule has 0 saturated heterocycles. The third-order valence-electron chi connectivity index (χ3n) is 7.63. The van der Waals surface area contributed by atoms with Crippen molar-refractivity contribution >= 4 is 62.6 Å². The van der Waals surface area contributed by atoms with Gasteiger partial charge in [-0.3, -0.25) is 19.3 Å². The topological polar surface area (TPSA) is 107 Å². The molecule has 3 aromatic rings. The van der Waals surface area contributed by atoms with E-state index in [0.29, 0.717) is 39.8 Å². The van der Waals surface area contributed by atoms with Crippen LogP contribution >= 0.6 is 35.1 Å². The molecule has 5 rings (SSSR count). The van der Waals surface area contributed by atoms with E-state index in [-0.39, 0.29) is 48.1 Å². The third kappa shape index (κ3) is 8.80. The number of ether oxygens (including phenoxy) is 1. The quantitative estimate of drug-likeness (QED) is 0.180. The van der Waals surface area contributed by atoms with Crippen molar-refractivity contribution in [1.29, 1.82) is 0 Å². The number of halogens is 6. The summed E-state index contributed by atoms with van der Waals surface area (Å²) >= 11 is 2.33. The molecule has 0 spiro atoms. The molecular weight excluding hydrogens is 741 g/mol. The predicted molar refractivity (Wildman–Crippen MR) is 184 cm³/mol. The summed E-state index contributed by atoms with van der Waals surface area (Å²) in [7, 11) is 0. The lowest BCUT2D eigenvalue weighted by Crippen LogP contribution is -2.39. The standard InChI is InChI=1S/C18H17FN4O2S.C15H16F5NO2S2/c1-4-5-22-13-7-12(11(19)6-14(13)25-9-16(22)24)20-17-23-10-18(2,3)8-15(23)21-26-17;1-6(2)5-7-8(13(22)24-3)10(12(16)17)21-11(15(18,19)20)9(7)14(23)25-4/h1,6-7H,5,8-10H2,2-3H3;6,12H,5H2,1-4H3. The van der Waals surface area contributed by atoms with Crippen LogP contribution in [0.4, 0.5) is 37.7 Å². The van der Waals surface area contributed by atoms with Crippen molar-refractivity contribution in [2.45, 2.75) is 59.7 Å². The van der Waals surface area contributed by atoms with Gasteiger partial charge >= 0.3 is 6.18 Å². The lowest BCUT2D eigenvalue weighted by atomic mass is 9.92. The maximum absolute atomic E-state index is 14.5. The Balaban J connectivity index is 0.000000229. The molecule has 0 atom stereocenters. The summed E-state index contributed by atoms with van der Waals surface area (Å²) in [5.74, 6) is 2.65. The molecule has 0 unspecified atom stereocenters. The fraction of sp³-hybridized carbons (Fsp3) is 0.455. The minimum atomic E-state index is -5.10. The molecule has 2 aliphatic heterocycles. The highest BCUT2D eigenvalue weighted by Crippen LogP contribution is 2.40. The number of rotatable bonds is 7. The fourth-order valence-corrected chi connectivity index (χ4v) is 7.14. The van der Waals surface area contributed by atoms with Gasteiger partial charge in [0.1, 0.15) is 23.0 Å². The fourth-order valence-electron chi connectivity index (χ4n) is 5.53. The van der Waals surface area contributed by atoms with E-state index >= 15 is 0 Å². The molecule has 0 radical (unpaired) electrons. The number of aromatic nitrogens is 3. The second kappa shape index (κ2) is 15.8. The Kier molecular flexibility index (Phi) is 12.4. The van der Waals surface area contributed by atoms with Gasteiger partial charge in [0, 0.05) is 30.6 Å². The summed E-state index contributed by atoms with van der Waals surface area (Å²) in [6.45, 7) is 8.35. The molecule has 9 nitrogen and oxygen atoms in total. The van der Waals surface area contributed by atoms with E-state index in [1.165, 1.54) is 41.1 Å². The van der Waals surface area contributed by atoms with Crippen molar-refractivity contribution in [3.05, 3.63) is 56.7 Å². The van der Waals surface area contributed by atoms with E-state index in [0.717, 1.165) is 18.8 Å². The van der Waals surface area contributed by atoms with Gasteiger partial charge in [-0.05, 0) is 41.9 Å². The highest BCUT2D eigenvalue weighted by molar-refractivity contribution is 8.13.